The van der Waals surface area contributed by atoms with Gasteiger partial charge in [-0.05, 0) is 61.6 Å². The van der Waals surface area contributed by atoms with E-state index in [9.17, 15) is 4.79 Å². The first-order valence-electron chi connectivity index (χ1n) is 12.5. The number of hydrogen-bond acceptors (Lipinski definition) is 3. The lowest BCUT2D eigenvalue weighted by Crippen LogP contribution is -2.37. The van der Waals surface area contributed by atoms with Gasteiger partial charge >= 0.3 is 0 Å². The number of rotatable bonds is 8. The van der Waals surface area contributed by atoms with Crippen molar-refractivity contribution >= 4 is 22.9 Å². The van der Waals surface area contributed by atoms with E-state index in [0.29, 0.717) is 17.5 Å². The second kappa shape index (κ2) is 9.50. The number of allylic oxidation sites excluding steroid dienone is 1. The van der Waals surface area contributed by atoms with Crippen LogP contribution in [0.1, 0.15) is 93.2 Å². The van der Waals surface area contributed by atoms with Gasteiger partial charge in [-0.1, -0.05) is 63.5 Å². The topological polar surface area (TPSA) is 54.9 Å². The third kappa shape index (κ3) is 5.53. The number of nitrogens with one attached hydrogen (secondary N) is 1. The summed E-state index contributed by atoms with van der Waals surface area (Å²) in [6.07, 6.45) is 21.7. The molecule has 4 nitrogen and oxygen atoms in total. The Balaban J connectivity index is 1.28. The molecule has 1 amide bonds. The lowest BCUT2D eigenvalue weighted by Gasteiger charge is -2.27. The number of benzene rings is 1. The van der Waals surface area contributed by atoms with Crippen LogP contribution in [0, 0.1) is 17.8 Å². The lowest BCUT2D eigenvalue weighted by atomic mass is 9.83. The minimum Gasteiger partial charge on any atom is -0.349 e. The van der Waals surface area contributed by atoms with Crippen LogP contribution in [0.5, 0.6) is 0 Å². The Hall–Kier alpha value is -2.23. The summed E-state index contributed by atoms with van der Waals surface area (Å²) in [7, 11) is 0. The van der Waals surface area contributed by atoms with E-state index in [4.69, 9.17) is 4.98 Å². The van der Waals surface area contributed by atoms with E-state index in [0.717, 1.165) is 41.4 Å². The van der Waals surface area contributed by atoms with Crippen LogP contribution in [-0.2, 0) is 0 Å². The minimum atomic E-state index is 0.0496. The van der Waals surface area contributed by atoms with Crippen molar-refractivity contribution in [1.82, 2.24) is 15.3 Å². The van der Waals surface area contributed by atoms with Crippen LogP contribution in [0.25, 0.3) is 17.0 Å². The van der Waals surface area contributed by atoms with Crippen molar-refractivity contribution in [1.29, 1.82) is 0 Å². The summed E-state index contributed by atoms with van der Waals surface area (Å²) in [5, 5.41) is 4.37. The van der Waals surface area contributed by atoms with E-state index in [-0.39, 0.29) is 5.91 Å². The molecule has 2 aromatic rings. The number of carbonyl (C=O) groups is 1. The first-order chi connectivity index (χ1) is 15.2. The minimum absolute atomic E-state index is 0.0496. The van der Waals surface area contributed by atoms with Gasteiger partial charge in [0.05, 0.1) is 5.52 Å². The van der Waals surface area contributed by atoms with E-state index in [1.807, 2.05) is 30.5 Å². The lowest BCUT2D eigenvalue weighted by molar-refractivity contribution is 0.0925. The number of fused-ring (bicyclic) bond motifs is 1. The third-order valence-corrected chi connectivity index (χ3v) is 7.52. The highest BCUT2D eigenvalue weighted by Crippen LogP contribution is 2.36. The molecule has 4 heteroatoms. The van der Waals surface area contributed by atoms with Crippen molar-refractivity contribution in [3.8, 4) is 0 Å². The molecule has 0 saturated heterocycles. The van der Waals surface area contributed by atoms with Crippen LogP contribution < -0.4 is 5.32 Å². The Morgan fingerprint density at radius 2 is 1.77 bits per heavy atom. The van der Waals surface area contributed by atoms with Crippen LogP contribution in [0.15, 0.2) is 30.5 Å². The van der Waals surface area contributed by atoms with Crippen molar-refractivity contribution in [3.63, 3.8) is 0 Å². The smallest absolute Gasteiger partial charge is 0.251 e. The van der Waals surface area contributed by atoms with Crippen LogP contribution in [0.3, 0.4) is 0 Å². The molecule has 0 radical (unpaired) electrons. The van der Waals surface area contributed by atoms with E-state index >= 15 is 0 Å². The maximum absolute atomic E-state index is 13.1. The number of carbonyl (C=O) groups excluding carboxylic acids is 1. The second-order valence-electron chi connectivity index (χ2n) is 10.1. The Kier molecular flexibility index (Phi) is 6.33. The first kappa shape index (κ1) is 20.7. The Bertz CT molecular complexity index is 939. The SMILES string of the molecule is O=C(N[C@@H](CC1CCCCC1)CC1CC1)c1ccc2cnc(/C=C/C3CCC3)nc2c1. The van der Waals surface area contributed by atoms with Gasteiger partial charge in [-0.15, -0.1) is 0 Å². The zero-order valence-electron chi connectivity index (χ0n) is 18.6. The van der Waals surface area contributed by atoms with E-state index < -0.39 is 0 Å². The van der Waals surface area contributed by atoms with Crippen LogP contribution >= 0.6 is 0 Å². The van der Waals surface area contributed by atoms with Gasteiger partial charge < -0.3 is 5.32 Å². The van der Waals surface area contributed by atoms with Gasteiger partial charge in [0.15, 0.2) is 5.82 Å². The molecule has 164 valence electrons. The quantitative estimate of drug-likeness (QED) is 0.547. The molecule has 3 aliphatic carbocycles. The highest BCUT2D eigenvalue weighted by Gasteiger charge is 2.28. The number of nitrogens with zero attached hydrogens (tertiary/aromatic N) is 2. The molecule has 31 heavy (non-hydrogen) atoms. The molecular formula is C27H35N3O. The highest BCUT2D eigenvalue weighted by atomic mass is 16.1. The van der Waals surface area contributed by atoms with Gasteiger partial charge in [0, 0.05) is 23.2 Å². The normalized spacial score (nSPS) is 21.3. The van der Waals surface area contributed by atoms with Crippen LogP contribution in [0.4, 0.5) is 0 Å². The zero-order chi connectivity index (χ0) is 21.0. The number of aromatic nitrogens is 2. The summed E-state index contributed by atoms with van der Waals surface area (Å²) in [5.41, 5.74) is 1.56. The standard InChI is InChI=1S/C27H35N3O/c31-27(29-24(16-21-9-10-21)15-20-5-2-1-3-6-20)22-12-13-23-18-28-26(30-25(23)17-22)14-11-19-7-4-8-19/h11-14,17-21,24H,1-10,15-16H2,(H,29,31)/b14-11+/t24-/m0/s1. The molecule has 0 aliphatic heterocycles. The van der Waals surface area contributed by atoms with E-state index in [2.05, 4.69) is 16.4 Å². The molecule has 0 unspecified atom stereocenters. The molecule has 1 N–H and O–H groups in total. The zero-order valence-corrected chi connectivity index (χ0v) is 18.6. The molecule has 3 fully saturated rings. The molecule has 1 aromatic carbocycles. The average Bonchev–Trinajstić information content (AvgIpc) is 3.57. The maximum Gasteiger partial charge on any atom is 0.251 e. The summed E-state index contributed by atoms with van der Waals surface area (Å²) in [4.78, 5) is 22.3. The fourth-order valence-electron chi connectivity index (χ4n) is 5.18. The molecule has 0 bridgehead atoms. The molecule has 3 saturated carbocycles. The Morgan fingerprint density at radius 1 is 1.00 bits per heavy atom. The number of hydrogen-bond donors (Lipinski definition) is 1. The predicted octanol–water partition coefficient (Wildman–Crippen LogP) is 6.31. The molecule has 1 atom stereocenters. The molecule has 0 spiro atoms. The second-order valence-corrected chi connectivity index (χ2v) is 10.1. The Labute approximate surface area is 185 Å². The van der Waals surface area contributed by atoms with Crippen molar-refractivity contribution in [3.05, 3.63) is 41.9 Å². The van der Waals surface area contributed by atoms with Gasteiger partial charge in [-0.3, -0.25) is 4.79 Å². The molecule has 1 aromatic heterocycles. The van der Waals surface area contributed by atoms with Gasteiger partial charge in [-0.25, -0.2) is 9.97 Å². The largest absolute Gasteiger partial charge is 0.349 e. The molecule has 3 aliphatic rings. The predicted molar refractivity (Wildman–Crippen MR) is 126 cm³/mol. The summed E-state index contributed by atoms with van der Waals surface area (Å²) in [6, 6.07) is 6.13. The average molecular weight is 418 g/mol. The summed E-state index contributed by atoms with van der Waals surface area (Å²) in [6.45, 7) is 0. The summed E-state index contributed by atoms with van der Waals surface area (Å²) < 4.78 is 0. The van der Waals surface area contributed by atoms with Gasteiger partial charge in [0.2, 0.25) is 0 Å². The monoisotopic (exact) mass is 417 g/mol. The summed E-state index contributed by atoms with van der Waals surface area (Å²) >= 11 is 0. The van der Waals surface area contributed by atoms with Crippen LogP contribution in [-0.4, -0.2) is 21.9 Å². The van der Waals surface area contributed by atoms with Crippen molar-refractivity contribution in [2.24, 2.45) is 17.8 Å². The highest BCUT2D eigenvalue weighted by molar-refractivity contribution is 5.97. The fraction of sp³-hybridized carbons (Fsp3) is 0.593. The van der Waals surface area contributed by atoms with Crippen molar-refractivity contribution < 1.29 is 4.79 Å². The fourth-order valence-corrected chi connectivity index (χ4v) is 5.18. The van der Waals surface area contributed by atoms with Gasteiger partial charge in [0.1, 0.15) is 0 Å². The first-order valence-corrected chi connectivity index (χ1v) is 12.5. The molecule has 1 heterocycles. The van der Waals surface area contributed by atoms with Crippen molar-refractivity contribution in [2.45, 2.75) is 83.1 Å². The van der Waals surface area contributed by atoms with Gasteiger partial charge in [-0.2, -0.15) is 0 Å². The third-order valence-electron chi connectivity index (χ3n) is 7.52. The van der Waals surface area contributed by atoms with E-state index in [1.165, 1.54) is 64.2 Å². The Morgan fingerprint density at radius 3 is 2.48 bits per heavy atom. The molecule has 5 rings (SSSR count). The number of amides is 1. The van der Waals surface area contributed by atoms with Gasteiger partial charge in [0.25, 0.3) is 5.91 Å². The van der Waals surface area contributed by atoms with Crippen LogP contribution in [0.2, 0.25) is 0 Å². The molecular weight excluding hydrogens is 382 g/mol. The maximum atomic E-state index is 13.1. The van der Waals surface area contributed by atoms with Crippen molar-refractivity contribution in [2.75, 3.05) is 0 Å². The van der Waals surface area contributed by atoms with E-state index in [1.54, 1.807) is 0 Å². The summed E-state index contributed by atoms with van der Waals surface area (Å²) in [5.74, 6) is 3.08.